The fraction of sp³-hybridized carbons (Fsp3) is 0.400. The average Bonchev–Trinajstić information content (AvgIpc) is 2.94. The number of pyridine rings is 1. The fourth-order valence-corrected chi connectivity index (χ4v) is 7.01. The molecule has 2 heterocycles. The molecule has 1 fully saturated rings. The third kappa shape index (κ3) is 4.26. The summed E-state index contributed by atoms with van der Waals surface area (Å²) in [6.45, 7) is 5.62. The van der Waals surface area contributed by atoms with E-state index in [1.54, 1.807) is 33.2 Å². The topological polar surface area (TPSA) is 105 Å². The van der Waals surface area contributed by atoms with E-state index in [0.29, 0.717) is 30.6 Å². The van der Waals surface area contributed by atoms with Crippen LogP contribution < -0.4 is 4.31 Å². The van der Waals surface area contributed by atoms with Crippen LogP contribution in [0.2, 0.25) is 0 Å². The summed E-state index contributed by atoms with van der Waals surface area (Å²) in [7, 11) is -7.51. The van der Waals surface area contributed by atoms with Gasteiger partial charge in [0, 0.05) is 31.9 Å². The summed E-state index contributed by atoms with van der Waals surface area (Å²) in [5.41, 5.74) is 1.98. The maximum atomic E-state index is 13.4. The molecule has 2 aromatic rings. The predicted molar refractivity (Wildman–Crippen MR) is 114 cm³/mol. The van der Waals surface area contributed by atoms with E-state index >= 15 is 0 Å². The van der Waals surface area contributed by atoms with Gasteiger partial charge in [0.1, 0.15) is 0 Å². The second-order valence-corrected chi connectivity index (χ2v) is 11.0. The molecular formula is C20H25N3O5S2. The van der Waals surface area contributed by atoms with Crippen LogP contribution in [0.3, 0.4) is 0 Å². The van der Waals surface area contributed by atoms with Crippen LogP contribution in [-0.2, 0) is 31.3 Å². The lowest BCUT2D eigenvalue weighted by molar-refractivity contribution is -0.116. The lowest BCUT2D eigenvalue weighted by Crippen LogP contribution is -2.34. The number of anilines is 1. The number of amides is 1. The summed E-state index contributed by atoms with van der Waals surface area (Å²) in [6, 6.07) is 6.60. The van der Waals surface area contributed by atoms with E-state index in [1.807, 2.05) is 12.1 Å². The van der Waals surface area contributed by atoms with Gasteiger partial charge in [-0.25, -0.2) is 21.1 Å². The zero-order valence-corrected chi connectivity index (χ0v) is 18.8. The smallest absolute Gasteiger partial charge is 0.243 e. The Hall–Kier alpha value is -2.30. The lowest BCUT2D eigenvalue weighted by Gasteiger charge is -2.24. The maximum absolute atomic E-state index is 13.4. The lowest BCUT2D eigenvalue weighted by atomic mass is 10.1. The monoisotopic (exact) mass is 451 g/mol. The summed E-state index contributed by atoms with van der Waals surface area (Å²) in [6.07, 6.45) is 3.81. The Morgan fingerprint density at radius 2 is 1.73 bits per heavy atom. The molecule has 0 atom stereocenters. The molecule has 0 unspecified atom stereocenters. The van der Waals surface area contributed by atoms with Gasteiger partial charge in [-0.1, -0.05) is 6.92 Å². The molecule has 8 nitrogen and oxygen atoms in total. The van der Waals surface area contributed by atoms with Crippen molar-refractivity contribution in [3.63, 3.8) is 0 Å². The van der Waals surface area contributed by atoms with Crippen LogP contribution in [0.4, 0.5) is 5.69 Å². The molecule has 1 aromatic heterocycles. The quantitative estimate of drug-likeness (QED) is 0.638. The predicted octanol–water partition coefficient (Wildman–Crippen LogP) is 2.02. The van der Waals surface area contributed by atoms with Gasteiger partial charge < -0.3 is 0 Å². The number of benzene rings is 1. The van der Waals surface area contributed by atoms with E-state index in [-0.39, 0.29) is 22.8 Å². The summed E-state index contributed by atoms with van der Waals surface area (Å²) >= 11 is 0. The number of likely N-dealkylation sites (N-methyl/N-ethyl adjacent to an activating group) is 1. The molecule has 0 spiro atoms. The van der Waals surface area contributed by atoms with E-state index in [0.717, 1.165) is 9.87 Å². The third-order valence-electron chi connectivity index (χ3n) is 5.11. The largest absolute Gasteiger partial charge is 0.273 e. The van der Waals surface area contributed by atoms with Crippen LogP contribution in [0.25, 0.3) is 0 Å². The molecular weight excluding hydrogens is 426 g/mol. The third-order valence-corrected chi connectivity index (χ3v) is 9.08. The van der Waals surface area contributed by atoms with Gasteiger partial charge in [0.05, 0.1) is 16.3 Å². The van der Waals surface area contributed by atoms with E-state index in [2.05, 4.69) is 4.98 Å². The SMILES string of the molecule is CCN(CCc1ccncc1)S(=O)(=O)c1c(C)cc(N2C(=O)CCS2(=O)=O)cc1C. The highest BCUT2D eigenvalue weighted by Crippen LogP contribution is 2.32. The molecule has 0 radical (unpaired) electrons. The molecule has 0 saturated carbocycles. The second kappa shape index (κ2) is 8.44. The van der Waals surface area contributed by atoms with Crippen molar-refractivity contribution in [1.29, 1.82) is 0 Å². The molecule has 10 heteroatoms. The minimum absolute atomic E-state index is 0.0703. The number of carbonyl (C=O) groups excluding carboxylic acids is 1. The van der Waals surface area contributed by atoms with Gasteiger partial charge in [-0.3, -0.25) is 9.78 Å². The van der Waals surface area contributed by atoms with E-state index in [4.69, 9.17) is 0 Å². The average molecular weight is 452 g/mol. The van der Waals surface area contributed by atoms with Crippen LogP contribution in [0.1, 0.15) is 30.0 Å². The van der Waals surface area contributed by atoms with Crippen LogP contribution >= 0.6 is 0 Å². The fourth-order valence-electron chi connectivity index (χ4n) is 3.70. The Bertz CT molecular complexity index is 1140. The molecule has 1 amide bonds. The van der Waals surface area contributed by atoms with Gasteiger partial charge in [-0.2, -0.15) is 4.31 Å². The van der Waals surface area contributed by atoms with Gasteiger partial charge in [0.2, 0.25) is 26.0 Å². The first kappa shape index (κ1) is 22.4. The molecule has 3 rings (SSSR count). The molecule has 1 saturated heterocycles. The number of aryl methyl sites for hydroxylation is 2. The normalized spacial score (nSPS) is 16.4. The Labute approximate surface area is 177 Å². The Morgan fingerprint density at radius 3 is 2.23 bits per heavy atom. The van der Waals surface area contributed by atoms with Crippen molar-refractivity contribution in [2.24, 2.45) is 0 Å². The Kier molecular flexibility index (Phi) is 6.30. The first-order chi connectivity index (χ1) is 14.1. The molecule has 0 aliphatic carbocycles. The van der Waals surface area contributed by atoms with Gasteiger partial charge in [0.25, 0.3) is 0 Å². The molecule has 0 bridgehead atoms. The van der Waals surface area contributed by atoms with E-state index in [9.17, 15) is 21.6 Å². The Morgan fingerprint density at radius 1 is 1.13 bits per heavy atom. The molecule has 1 aromatic carbocycles. The number of aromatic nitrogens is 1. The zero-order valence-electron chi connectivity index (χ0n) is 17.2. The molecule has 1 aliphatic rings. The highest BCUT2D eigenvalue weighted by molar-refractivity contribution is 7.94. The summed E-state index contributed by atoms with van der Waals surface area (Å²) in [5.74, 6) is -0.736. The van der Waals surface area contributed by atoms with Crippen molar-refractivity contribution < 1.29 is 21.6 Å². The molecule has 30 heavy (non-hydrogen) atoms. The van der Waals surface area contributed by atoms with Crippen molar-refractivity contribution in [2.75, 3.05) is 23.1 Å². The second-order valence-electron chi connectivity index (χ2n) is 7.24. The summed E-state index contributed by atoms with van der Waals surface area (Å²) in [4.78, 5) is 16.2. The van der Waals surface area contributed by atoms with Gasteiger partial charge in [0.15, 0.2) is 0 Å². The number of carbonyl (C=O) groups is 1. The standard InChI is InChI=1S/C20H25N3O5S2/c1-4-22(11-7-17-5-9-21-10-6-17)30(27,28)20-15(2)13-18(14-16(20)3)23-19(24)8-12-29(23,25)26/h5-6,9-10,13-14H,4,7-8,11-12H2,1-3H3. The van der Waals surface area contributed by atoms with E-state index in [1.165, 1.54) is 16.4 Å². The van der Waals surface area contributed by atoms with Gasteiger partial charge in [-0.05, 0) is 61.2 Å². The number of rotatable bonds is 7. The first-order valence-corrected chi connectivity index (χ1v) is 12.7. The Balaban J connectivity index is 1.94. The first-order valence-electron chi connectivity index (χ1n) is 9.64. The van der Waals surface area contributed by atoms with Crippen molar-refractivity contribution in [1.82, 2.24) is 9.29 Å². The molecule has 162 valence electrons. The van der Waals surface area contributed by atoms with Crippen molar-refractivity contribution in [3.8, 4) is 0 Å². The highest BCUT2D eigenvalue weighted by Gasteiger charge is 2.37. The van der Waals surface area contributed by atoms with Crippen LogP contribution in [0.15, 0.2) is 41.6 Å². The minimum Gasteiger partial charge on any atom is -0.273 e. The summed E-state index contributed by atoms with van der Waals surface area (Å²) in [5, 5.41) is 0. The van der Waals surface area contributed by atoms with Crippen molar-refractivity contribution in [3.05, 3.63) is 53.3 Å². The molecule has 0 N–H and O–H groups in total. The number of nitrogens with zero attached hydrogens (tertiary/aromatic N) is 3. The number of hydrogen-bond acceptors (Lipinski definition) is 6. The van der Waals surface area contributed by atoms with Crippen molar-refractivity contribution in [2.45, 2.75) is 38.5 Å². The zero-order chi connectivity index (χ0) is 22.1. The summed E-state index contributed by atoms with van der Waals surface area (Å²) < 4.78 is 53.4. The maximum Gasteiger partial charge on any atom is 0.243 e. The van der Waals surface area contributed by atoms with Crippen LogP contribution in [0.5, 0.6) is 0 Å². The molecule has 1 aliphatic heterocycles. The highest BCUT2D eigenvalue weighted by atomic mass is 32.2. The van der Waals surface area contributed by atoms with E-state index < -0.39 is 26.0 Å². The van der Waals surface area contributed by atoms with Crippen LogP contribution in [-0.4, -0.2) is 50.9 Å². The van der Waals surface area contributed by atoms with Crippen molar-refractivity contribution >= 4 is 31.6 Å². The van der Waals surface area contributed by atoms with Gasteiger partial charge in [-0.15, -0.1) is 0 Å². The number of sulfonamides is 2. The van der Waals surface area contributed by atoms with Crippen LogP contribution in [0, 0.1) is 13.8 Å². The number of hydrogen-bond donors (Lipinski definition) is 0. The van der Waals surface area contributed by atoms with Gasteiger partial charge >= 0.3 is 0 Å². The minimum atomic E-state index is -3.80.